The summed E-state index contributed by atoms with van der Waals surface area (Å²) in [7, 11) is 0. The molecule has 0 atom stereocenters. The molecule has 0 fully saturated rings. The first kappa shape index (κ1) is 14.3. The molecular formula is C11H8Cl2N4O3. The van der Waals surface area contributed by atoms with Crippen molar-refractivity contribution in [1.29, 1.82) is 0 Å². The molecule has 7 nitrogen and oxygen atoms in total. The molecule has 9 heteroatoms. The van der Waals surface area contributed by atoms with Gasteiger partial charge in [-0.2, -0.15) is 5.10 Å². The summed E-state index contributed by atoms with van der Waals surface area (Å²) in [5.74, 6) is -0.264. The Balaban J connectivity index is 2.32. The first-order valence-corrected chi connectivity index (χ1v) is 6.11. The smallest absolute Gasteiger partial charge is 0.290 e. The van der Waals surface area contributed by atoms with Gasteiger partial charge in [0.2, 0.25) is 0 Å². The van der Waals surface area contributed by atoms with E-state index in [1.54, 1.807) is 13.0 Å². The van der Waals surface area contributed by atoms with Crippen LogP contribution >= 0.6 is 23.2 Å². The summed E-state index contributed by atoms with van der Waals surface area (Å²) >= 11 is 11.5. The normalized spacial score (nSPS) is 10.3. The van der Waals surface area contributed by atoms with Crippen LogP contribution in [0.3, 0.4) is 0 Å². The highest BCUT2D eigenvalue weighted by Crippen LogP contribution is 2.33. The van der Waals surface area contributed by atoms with E-state index in [1.165, 1.54) is 6.07 Å². The van der Waals surface area contributed by atoms with Gasteiger partial charge in [0.1, 0.15) is 5.02 Å². The third kappa shape index (κ3) is 2.89. The van der Waals surface area contributed by atoms with Crippen LogP contribution in [0.5, 0.6) is 0 Å². The Morgan fingerprint density at radius 1 is 1.40 bits per heavy atom. The molecule has 0 spiro atoms. The van der Waals surface area contributed by atoms with Crippen molar-refractivity contribution in [2.24, 2.45) is 0 Å². The zero-order chi connectivity index (χ0) is 14.9. The summed E-state index contributed by atoms with van der Waals surface area (Å²) < 4.78 is 0. The zero-order valence-corrected chi connectivity index (χ0v) is 11.6. The lowest BCUT2D eigenvalue weighted by molar-refractivity contribution is -0.384. The van der Waals surface area contributed by atoms with Gasteiger partial charge >= 0.3 is 0 Å². The molecule has 1 aromatic heterocycles. The number of carbonyl (C=O) groups excluding carboxylic acids is 1. The lowest BCUT2D eigenvalue weighted by atomic mass is 10.2. The lowest BCUT2D eigenvalue weighted by Crippen LogP contribution is -2.12. The molecule has 0 aliphatic heterocycles. The summed E-state index contributed by atoms with van der Waals surface area (Å²) in [5, 5.41) is 19.5. The second kappa shape index (κ2) is 5.48. The average Bonchev–Trinajstić information content (AvgIpc) is 2.77. The van der Waals surface area contributed by atoms with Gasteiger partial charge in [0.15, 0.2) is 5.82 Å². The van der Waals surface area contributed by atoms with Crippen LogP contribution in [0.15, 0.2) is 18.2 Å². The van der Waals surface area contributed by atoms with E-state index < -0.39 is 16.5 Å². The molecule has 0 saturated carbocycles. The monoisotopic (exact) mass is 314 g/mol. The minimum Gasteiger partial charge on any atom is -0.305 e. The number of halogens is 2. The predicted molar refractivity (Wildman–Crippen MR) is 74.4 cm³/mol. The maximum Gasteiger partial charge on any atom is 0.290 e. The Hall–Kier alpha value is -2.12. The number of nitro benzene ring substituents is 1. The molecule has 0 aliphatic carbocycles. The third-order valence-electron chi connectivity index (χ3n) is 2.42. The highest BCUT2D eigenvalue weighted by atomic mass is 35.5. The number of carbonyl (C=O) groups is 1. The molecule has 2 N–H and O–H groups in total. The van der Waals surface area contributed by atoms with E-state index >= 15 is 0 Å². The van der Waals surface area contributed by atoms with Gasteiger partial charge in [0, 0.05) is 23.4 Å². The van der Waals surface area contributed by atoms with Crippen LogP contribution in [0.4, 0.5) is 11.5 Å². The van der Waals surface area contributed by atoms with Crippen LogP contribution in [0, 0.1) is 17.0 Å². The Kier molecular flexibility index (Phi) is 3.91. The topological polar surface area (TPSA) is 101 Å². The van der Waals surface area contributed by atoms with Crippen molar-refractivity contribution in [3.8, 4) is 0 Å². The quantitative estimate of drug-likeness (QED) is 0.671. The fourth-order valence-electron chi connectivity index (χ4n) is 1.51. The third-order valence-corrected chi connectivity index (χ3v) is 3.21. The van der Waals surface area contributed by atoms with Crippen LogP contribution in [0.2, 0.25) is 10.0 Å². The Labute approximate surface area is 123 Å². The van der Waals surface area contributed by atoms with Crippen molar-refractivity contribution in [2.75, 3.05) is 5.32 Å². The molecule has 0 saturated heterocycles. The first-order valence-electron chi connectivity index (χ1n) is 5.35. The van der Waals surface area contributed by atoms with Gasteiger partial charge in [-0.15, -0.1) is 0 Å². The Morgan fingerprint density at radius 2 is 2.10 bits per heavy atom. The molecular weight excluding hydrogens is 307 g/mol. The minimum absolute atomic E-state index is 0.0201. The van der Waals surface area contributed by atoms with Crippen LogP contribution in [-0.4, -0.2) is 21.0 Å². The van der Waals surface area contributed by atoms with Gasteiger partial charge in [-0.3, -0.25) is 20.0 Å². The Morgan fingerprint density at radius 3 is 2.65 bits per heavy atom. The van der Waals surface area contributed by atoms with E-state index in [0.717, 1.165) is 11.8 Å². The minimum atomic E-state index is -0.705. The van der Waals surface area contributed by atoms with Gasteiger partial charge in [-0.05, 0) is 13.0 Å². The number of amides is 1. The molecule has 2 aromatic rings. The summed E-state index contributed by atoms with van der Waals surface area (Å²) in [4.78, 5) is 22.1. The van der Waals surface area contributed by atoms with Gasteiger partial charge in [-0.1, -0.05) is 23.2 Å². The largest absolute Gasteiger partial charge is 0.305 e. The molecule has 104 valence electrons. The average molecular weight is 315 g/mol. The van der Waals surface area contributed by atoms with Gasteiger partial charge in [0.25, 0.3) is 11.6 Å². The van der Waals surface area contributed by atoms with E-state index in [1.807, 2.05) is 0 Å². The summed E-state index contributed by atoms with van der Waals surface area (Å²) in [6.07, 6.45) is 0. The van der Waals surface area contributed by atoms with E-state index in [-0.39, 0.29) is 15.6 Å². The number of hydrogen-bond acceptors (Lipinski definition) is 4. The van der Waals surface area contributed by atoms with Crippen molar-refractivity contribution in [2.45, 2.75) is 6.92 Å². The number of nitrogens with one attached hydrogen (secondary N) is 2. The van der Waals surface area contributed by atoms with Crippen molar-refractivity contribution in [1.82, 2.24) is 10.2 Å². The van der Waals surface area contributed by atoms with E-state index in [4.69, 9.17) is 23.2 Å². The molecule has 1 aromatic carbocycles. The highest BCUT2D eigenvalue weighted by Gasteiger charge is 2.20. The predicted octanol–water partition coefficient (Wildman–Crippen LogP) is 3.19. The zero-order valence-electron chi connectivity index (χ0n) is 10.1. The number of nitro groups is 1. The van der Waals surface area contributed by atoms with Crippen LogP contribution in [0.25, 0.3) is 0 Å². The number of H-pyrrole nitrogens is 1. The van der Waals surface area contributed by atoms with Gasteiger partial charge in [-0.25, -0.2) is 0 Å². The van der Waals surface area contributed by atoms with Gasteiger partial charge in [0.05, 0.1) is 9.95 Å². The maximum atomic E-state index is 12.0. The van der Waals surface area contributed by atoms with Gasteiger partial charge < -0.3 is 5.32 Å². The number of rotatable bonds is 3. The molecule has 1 amide bonds. The number of aryl methyl sites for hydroxylation is 1. The standard InChI is InChI=1S/C11H8Cl2N4O3/c1-5-2-9(16-15-5)14-11(18)6-3-7(12)10(13)8(4-6)17(19)20/h2-4H,1H3,(H2,14,15,16,18). The number of hydrogen-bond donors (Lipinski definition) is 2. The van der Waals surface area contributed by atoms with E-state index in [0.29, 0.717) is 5.82 Å². The molecule has 1 heterocycles. The van der Waals surface area contributed by atoms with E-state index in [2.05, 4.69) is 15.5 Å². The SMILES string of the molecule is Cc1cc(NC(=O)c2cc(Cl)c(Cl)c([N+](=O)[O-])c2)n[nH]1. The van der Waals surface area contributed by atoms with Crippen LogP contribution < -0.4 is 5.32 Å². The fourth-order valence-corrected chi connectivity index (χ4v) is 1.90. The van der Waals surface area contributed by atoms with Crippen molar-refractivity contribution < 1.29 is 9.72 Å². The number of aromatic nitrogens is 2. The number of aromatic amines is 1. The lowest BCUT2D eigenvalue weighted by Gasteiger charge is -2.04. The molecule has 0 aliphatic rings. The molecule has 0 radical (unpaired) electrons. The fraction of sp³-hybridized carbons (Fsp3) is 0.0909. The second-order valence-electron chi connectivity index (χ2n) is 3.94. The number of anilines is 1. The maximum absolute atomic E-state index is 12.0. The van der Waals surface area contributed by atoms with Crippen molar-refractivity contribution in [3.63, 3.8) is 0 Å². The summed E-state index contributed by atoms with van der Waals surface area (Å²) in [5.41, 5.74) is 0.356. The summed E-state index contributed by atoms with van der Waals surface area (Å²) in [6.45, 7) is 1.77. The number of nitrogens with zero attached hydrogens (tertiary/aromatic N) is 2. The molecule has 2 rings (SSSR count). The Bertz CT molecular complexity index is 699. The van der Waals surface area contributed by atoms with Crippen molar-refractivity contribution >= 4 is 40.6 Å². The highest BCUT2D eigenvalue weighted by molar-refractivity contribution is 6.43. The van der Waals surface area contributed by atoms with Crippen LogP contribution in [0.1, 0.15) is 16.1 Å². The second-order valence-corrected chi connectivity index (χ2v) is 4.72. The van der Waals surface area contributed by atoms with Crippen molar-refractivity contribution in [3.05, 3.63) is 49.6 Å². The molecule has 20 heavy (non-hydrogen) atoms. The summed E-state index contributed by atoms with van der Waals surface area (Å²) in [6, 6.07) is 3.93. The first-order chi connectivity index (χ1) is 9.38. The number of benzene rings is 1. The van der Waals surface area contributed by atoms with E-state index in [9.17, 15) is 14.9 Å². The molecule has 0 bridgehead atoms. The van der Waals surface area contributed by atoms with Crippen LogP contribution in [-0.2, 0) is 0 Å². The molecule has 0 unspecified atom stereocenters.